The lowest BCUT2D eigenvalue weighted by molar-refractivity contribution is -0.120. The highest BCUT2D eigenvalue weighted by molar-refractivity contribution is 8.04. The van der Waals surface area contributed by atoms with E-state index in [1.165, 1.54) is 23.6 Å². The molecule has 0 saturated heterocycles. The molecule has 7 heteroatoms. The second-order valence-corrected chi connectivity index (χ2v) is 9.08. The number of anilines is 3. The monoisotopic (exact) mass is 423 g/mol. The van der Waals surface area contributed by atoms with E-state index in [-0.39, 0.29) is 23.0 Å². The summed E-state index contributed by atoms with van der Waals surface area (Å²) in [6.07, 6.45) is 0. The van der Waals surface area contributed by atoms with Crippen molar-refractivity contribution in [3.8, 4) is 0 Å². The van der Waals surface area contributed by atoms with Gasteiger partial charge in [0.2, 0.25) is 5.91 Å². The van der Waals surface area contributed by atoms with Gasteiger partial charge in [-0.25, -0.2) is 4.90 Å². The average molecular weight is 424 g/mol. The zero-order chi connectivity index (χ0) is 22.0. The summed E-state index contributed by atoms with van der Waals surface area (Å²) in [4.78, 5) is 41.6. The van der Waals surface area contributed by atoms with Crippen molar-refractivity contribution in [3.05, 3.63) is 59.0 Å². The Hall–Kier alpha value is -3.06. The van der Waals surface area contributed by atoms with Crippen molar-refractivity contribution in [2.24, 2.45) is 0 Å². The molecule has 0 fully saturated rings. The standard InChI is InChI=1S/C23H25N3O3S/c1-14(2)30-21-20(16-9-11-17(12-10-16)24-15(3)27)22(28)26(23(21)29)19-8-6-7-18(13-19)25(4)5/h6-14H,1-5H3,(H,24,27). The number of benzene rings is 2. The van der Waals surface area contributed by atoms with Gasteiger partial charge in [0, 0.05) is 37.6 Å². The summed E-state index contributed by atoms with van der Waals surface area (Å²) in [5.41, 5.74) is 3.12. The molecule has 0 aliphatic carbocycles. The Kier molecular flexibility index (Phi) is 6.31. The van der Waals surface area contributed by atoms with Crippen LogP contribution >= 0.6 is 11.8 Å². The van der Waals surface area contributed by atoms with Crippen molar-refractivity contribution in [2.45, 2.75) is 26.0 Å². The summed E-state index contributed by atoms with van der Waals surface area (Å²) < 4.78 is 0. The lowest BCUT2D eigenvalue weighted by atomic mass is 10.1. The number of thioether (sulfide) groups is 1. The van der Waals surface area contributed by atoms with Gasteiger partial charge in [0.05, 0.1) is 16.2 Å². The van der Waals surface area contributed by atoms with Gasteiger partial charge in [-0.3, -0.25) is 14.4 Å². The minimum atomic E-state index is -0.341. The Labute approximate surface area is 180 Å². The minimum Gasteiger partial charge on any atom is -0.378 e. The first-order valence-electron chi connectivity index (χ1n) is 9.64. The number of amides is 3. The summed E-state index contributed by atoms with van der Waals surface area (Å²) in [5, 5.41) is 2.85. The third-order valence-electron chi connectivity index (χ3n) is 4.49. The Bertz CT molecular complexity index is 1030. The molecule has 0 unspecified atom stereocenters. The normalized spacial score (nSPS) is 14.0. The number of nitrogens with zero attached hydrogens (tertiary/aromatic N) is 2. The van der Waals surface area contributed by atoms with Crippen LogP contribution in [0.2, 0.25) is 0 Å². The van der Waals surface area contributed by atoms with Crippen LogP contribution in [0.15, 0.2) is 53.4 Å². The van der Waals surface area contributed by atoms with Crippen LogP contribution in [0.5, 0.6) is 0 Å². The first kappa shape index (κ1) is 21.6. The van der Waals surface area contributed by atoms with Gasteiger partial charge in [-0.15, -0.1) is 11.8 Å². The van der Waals surface area contributed by atoms with Crippen LogP contribution in [0.3, 0.4) is 0 Å². The molecule has 3 amide bonds. The molecular weight excluding hydrogens is 398 g/mol. The van der Waals surface area contributed by atoms with E-state index in [0.717, 1.165) is 5.69 Å². The Morgan fingerprint density at radius 2 is 1.70 bits per heavy atom. The first-order chi connectivity index (χ1) is 14.2. The predicted molar refractivity (Wildman–Crippen MR) is 124 cm³/mol. The summed E-state index contributed by atoms with van der Waals surface area (Å²) in [6, 6.07) is 14.3. The second-order valence-electron chi connectivity index (χ2n) is 7.49. The van der Waals surface area contributed by atoms with Gasteiger partial charge in [-0.2, -0.15) is 0 Å². The summed E-state index contributed by atoms with van der Waals surface area (Å²) in [7, 11) is 3.82. The van der Waals surface area contributed by atoms with Crippen LogP contribution in [-0.4, -0.2) is 37.1 Å². The molecule has 6 nitrogen and oxygen atoms in total. The molecule has 0 atom stereocenters. The largest absolute Gasteiger partial charge is 0.378 e. The van der Waals surface area contributed by atoms with E-state index in [4.69, 9.17) is 0 Å². The third-order valence-corrected chi connectivity index (χ3v) is 5.58. The van der Waals surface area contributed by atoms with Gasteiger partial charge in [-0.05, 0) is 35.9 Å². The van der Waals surface area contributed by atoms with E-state index in [2.05, 4.69) is 5.32 Å². The molecule has 2 aromatic carbocycles. The van der Waals surface area contributed by atoms with Crippen LogP contribution in [0.25, 0.3) is 5.57 Å². The van der Waals surface area contributed by atoms with Gasteiger partial charge < -0.3 is 10.2 Å². The van der Waals surface area contributed by atoms with Crippen molar-refractivity contribution >= 4 is 52.1 Å². The smallest absolute Gasteiger partial charge is 0.272 e. The van der Waals surface area contributed by atoms with Crippen molar-refractivity contribution in [1.29, 1.82) is 0 Å². The molecule has 1 aliphatic rings. The van der Waals surface area contributed by atoms with Crippen molar-refractivity contribution < 1.29 is 14.4 Å². The molecule has 0 radical (unpaired) electrons. The van der Waals surface area contributed by atoms with Crippen LogP contribution in [0, 0.1) is 0 Å². The van der Waals surface area contributed by atoms with Crippen molar-refractivity contribution in [1.82, 2.24) is 0 Å². The van der Waals surface area contributed by atoms with Gasteiger partial charge in [0.15, 0.2) is 0 Å². The molecule has 3 rings (SSSR count). The second kappa shape index (κ2) is 8.75. The molecule has 0 spiro atoms. The summed E-state index contributed by atoms with van der Waals surface area (Å²) in [5.74, 6) is -0.820. The highest BCUT2D eigenvalue weighted by Gasteiger charge is 2.40. The number of rotatable bonds is 6. The number of nitrogens with one attached hydrogen (secondary N) is 1. The number of carbonyl (C=O) groups is 3. The van der Waals surface area contributed by atoms with E-state index in [1.54, 1.807) is 30.3 Å². The molecule has 30 heavy (non-hydrogen) atoms. The fourth-order valence-electron chi connectivity index (χ4n) is 3.18. The zero-order valence-electron chi connectivity index (χ0n) is 17.7. The van der Waals surface area contributed by atoms with E-state index in [1.807, 2.05) is 51.0 Å². The fourth-order valence-corrected chi connectivity index (χ4v) is 4.16. The highest BCUT2D eigenvalue weighted by Crippen LogP contribution is 2.40. The Morgan fingerprint density at radius 3 is 2.27 bits per heavy atom. The average Bonchev–Trinajstić information content (AvgIpc) is 2.91. The topological polar surface area (TPSA) is 69.7 Å². The summed E-state index contributed by atoms with van der Waals surface area (Å²) >= 11 is 1.39. The van der Waals surface area contributed by atoms with Gasteiger partial charge in [0.25, 0.3) is 11.8 Å². The molecule has 0 saturated carbocycles. The van der Waals surface area contributed by atoms with Gasteiger partial charge in [-0.1, -0.05) is 32.0 Å². The molecule has 156 valence electrons. The van der Waals surface area contributed by atoms with E-state index in [0.29, 0.717) is 27.4 Å². The third kappa shape index (κ3) is 4.41. The summed E-state index contributed by atoms with van der Waals surface area (Å²) in [6.45, 7) is 5.41. The highest BCUT2D eigenvalue weighted by atomic mass is 32.2. The van der Waals surface area contributed by atoms with Crippen LogP contribution in [-0.2, 0) is 14.4 Å². The number of hydrogen-bond acceptors (Lipinski definition) is 5. The molecule has 1 aliphatic heterocycles. The maximum absolute atomic E-state index is 13.4. The molecule has 1 N–H and O–H groups in total. The minimum absolute atomic E-state index is 0.137. The van der Waals surface area contributed by atoms with E-state index >= 15 is 0 Å². The predicted octanol–water partition coefficient (Wildman–Crippen LogP) is 4.14. The number of imide groups is 1. The van der Waals surface area contributed by atoms with E-state index in [9.17, 15) is 14.4 Å². The molecule has 2 aromatic rings. The maximum Gasteiger partial charge on any atom is 0.272 e. The number of carbonyl (C=O) groups excluding carboxylic acids is 3. The van der Waals surface area contributed by atoms with E-state index < -0.39 is 0 Å². The maximum atomic E-state index is 13.4. The quantitative estimate of drug-likeness (QED) is 0.708. The Morgan fingerprint density at radius 1 is 1.03 bits per heavy atom. The van der Waals surface area contributed by atoms with Gasteiger partial charge >= 0.3 is 0 Å². The molecule has 1 heterocycles. The van der Waals surface area contributed by atoms with Crippen molar-refractivity contribution in [3.63, 3.8) is 0 Å². The molecule has 0 aromatic heterocycles. The van der Waals surface area contributed by atoms with Gasteiger partial charge in [0.1, 0.15) is 0 Å². The van der Waals surface area contributed by atoms with Crippen LogP contribution in [0.1, 0.15) is 26.3 Å². The lowest BCUT2D eigenvalue weighted by Gasteiger charge is -2.19. The molecular formula is C23H25N3O3S. The molecule has 0 bridgehead atoms. The zero-order valence-corrected chi connectivity index (χ0v) is 18.5. The fraction of sp³-hybridized carbons (Fsp3) is 0.261. The van der Waals surface area contributed by atoms with Crippen molar-refractivity contribution in [2.75, 3.05) is 29.2 Å². The van der Waals surface area contributed by atoms with Crippen LogP contribution < -0.4 is 15.1 Å². The Balaban J connectivity index is 2.04. The lowest BCUT2D eigenvalue weighted by Crippen LogP contribution is -2.31. The first-order valence-corrected chi connectivity index (χ1v) is 10.5. The van der Waals surface area contributed by atoms with Crippen LogP contribution in [0.4, 0.5) is 17.1 Å². The number of hydrogen-bond donors (Lipinski definition) is 1. The SMILES string of the molecule is CC(=O)Nc1ccc(C2=C(SC(C)C)C(=O)N(c3cccc(N(C)C)c3)C2=O)cc1.